The predicted molar refractivity (Wildman–Crippen MR) is 92.7 cm³/mol. The van der Waals surface area contributed by atoms with Gasteiger partial charge in [0.15, 0.2) is 0 Å². The van der Waals surface area contributed by atoms with Gasteiger partial charge in [-0.1, -0.05) is 62.2 Å². The van der Waals surface area contributed by atoms with Crippen LogP contribution in [0.1, 0.15) is 42.1 Å². The molecule has 0 fully saturated rings. The minimum atomic E-state index is -0.444. The maximum Gasteiger partial charge on any atom is 0.341 e. The second kappa shape index (κ2) is 10.1. The van der Waals surface area contributed by atoms with Crippen LogP contribution in [0.5, 0.6) is 5.95 Å². The fourth-order valence-corrected chi connectivity index (χ4v) is 1.94. The van der Waals surface area contributed by atoms with Gasteiger partial charge in [-0.25, -0.2) is 4.79 Å². The van der Waals surface area contributed by atoms with Crippen molar-refractivity contribution in [2.45, 2.75) is 32.8 Å². The first-order valence-corrected chi connectivity index (χ1v) is 8.07. The van der Waals surface area contributed by atoms with Crippen LogP contribution < -0.4 is 4.74 Å². The molecule has 0 unspecified atom stereocenters. The predicted octanol–water partition coefficient (Wildman–Crippen LogP) is 5.28. The van der Waals surface area contributed by atoms with E-state index in [1.54, 1.807) is 6.08 Å². The highest BCUT2D eigenvalue weighted by Gasteiger charge is 2.12. The lowest BCUT2D eigenvalue weighted by atomic mass is 10.2. The number of allylic oxidation sites excluding steroid dienone is 3. The molecule has 2 aromatic rings. The lowest BCUT2D eigenvalue weighted by Gasteiger charge is -2.02. The van der Waals surface area contributed by atoms with E-state index in [1.807, 2.05) is 36.4 Å². The third kappa shape index (κ3) is 6.16. The Morgan fingerprint density at radius 1 is 1.21 bits per heavy atom. The van der Waals surface area contributed by atoms with Gasteiger partial charge in [0, 0.05) is 6.07 Å². The largest absolute Gasteiger partial charge is 0.457 e. The molecule has 0 saturated heterocycles. The van der Waals surface area contributed by atoms with Crippen LogP contribution in [0.15, 0.2) is 71.6 Å². The van der Waals surface area contributed by atoms with Crippen molar-refractivity contribution in [2.24, 2.45) is 0 Å². The molecule has 4 heteroatoms. The molecule has 1 aromatic carbocycles. The molecule has 0 amide bonds. The zero-order valence-corrected chi connectivity index (χ0v) is 13.8. The monoisotopic (exact) mass is 326 g/mol. The number of ether oxygens (including phenoxy) is 2. The molecule has 0 bridgehead atoms. The summed E-state index contributed by atoms with van der Waals surface area (Å²) in [6.45, 7) is 2.38. The molecule has 126 valence electrons. The molecule has 0 spiro atoms. The number of furan rings is 1. The number of hydrogen-bond donors (Lipinski definition) is 0. The Labute approximate surface area is 142 Å². The van der Waals surface area contributed by atoms with Crippen molar-refractivity contribution in [1.29, 1.82) is 0 Å². The average Bonchev–Trinajstić information content (AvgIpc) is 3.09. The summed E-state index contributed by atoms with van der Waals surface area (Å²) < 4.78 is 15.7. The van der Waals surface area contributed by atoms with Gasteiger partial charge >= 0.3 is 5.97 Å². The molecule has 4 nitrogen and oxygen atoms in total. The molecular weight excluding hydrogens is 304 g/mol. The topological polar surface area (TPSA) is 48.7 Å². The molecule has 2 rings (SSSR count). The van der Waals surface area contributed by atoms with E-state index in [0.29, 0.717) is 5.56 Å². The fraction of sp³-hybridized carbons (Fsp3) is 0.250. The van der Waals surface area contributed by atoms with Crippen molar-refractivity contribution in [2.75, 3.05) is 0 Å². The summed E-state index contributed by atoms with van der Waals surface area (Å²) in [6.07, 6.45) is 12.0. The summed E-state index contributed by atoms with van der Waals surface area (Å²) >= 11 is 0. The third-order valence-corrected chi connectivity index (χ3v) is 3.26. The average molecular weight is 326 g/mol. The second-order valence-corrected chi connectivity index (χ2v) is 5.23. The third-order valence-electron chi connectivity index (χ3n) is 3.26. The zero-order chi connectivity index (χ0) is 17.0. The summed E-state index contributed by atoms with van der Waals surface area (Å²) in [5.41, 5.74) is 1.26. The summed E-state index contributed by atoms with van der Waals surface area (Å²) in [7, 11) is 0. The first kappa shape index (κ1) is 17.6. The summed E-state index contributed by atoms with van der Waals surface area (Å²) in [5.74, 6) is -0.194. The van der Waals surface area contributed by atoms with E-state index >= 15 is 0 Å². The van der Waals surface area contributed by atoms with Gasteiger partial charge in [-0.2, -0.15) is 0 Å². The standard InChI is InChI=1S/C20H22O4/c1-2-3-4-5-6-10-13-22-19-14-18(16-23-19)20(21)24-15-17-11-8-7-9-12-17/h5-14,16H,2-4,15H2,1H3. The minimum absolute atomic E-state index is 0.226. The van der Waals surface area contributed by atoms with E-state index in [2.05, 4.69) is 13.0 Å². The number of carbonyl (C=O) groups excluding carboxylic acids is 1. The fourth-order valence-electron chi connectivity index (χ4n) is 1.94. The Morgan fingerprint density at radius 3 is 2.83 bits per heavy atom. The molecule has 1 aromatic heterocycles. The molecule has 0 radical (unpaired) electrons. The SMILES string of the molecule is CCCCC=CC=COc1cc(C(=O)OCc2ccccc2)co1. The van der Waals surface area contributed by atoms with E-state index in [9.17, 15) is 4.79 Å². The van der Waals surface area contributed by atoms with Crippen molar-refractivity contribution in [3.05, 3.63) is 78.3 Å². The van der Waals surface area contributed by atoms with E-state index in [-0.39, 0.29) is 12.6 Å². The number of benzene rings is 1. The number of unbranched alkanes of at least 4 members (excludes halogenated alkanes) is 2. The van der Waals surface area contributed by atoms with Crippen LogP contribution in [-0.4, -0.2) is 5.97 Å². The van der Waals surface area contributed by atoms with E-state index in [1.165, 1.54) is 31.4 Å². The first-order chi connectivity index (χ1) is 11.8. The lowest BCUT2D eigenvalue weighted by molar-refractivity contribution is 0.0472. The van der Waals surface area contributed by atoms with Gasteiger partial charge in [0.05, 0.1) is 6.26 Å². The molecule has 0 aliphatic heterocycles. The van der Waals surface area contributed by atoms with Crippen molar-refractivity contribution in [3.63, 3.8) is 0 Å². The Bertz CT molecular complexity index is 668. The normalized spacial score (nSPS) is 11.2. The van der Waals surface area contributed by atoms with Gasteiger partial charge in [0.2, 0.25) is 0 Å². The highest BCUT2D eigenvalue weighted by molar-refractivity contribution is 5.89. The van der Waals surface area contributed by atoms with E-state index in [0.717, 1.165) is 12.0 Å². The van der Waals surface area contributed by atoms with Crippen molar-refractivity contribution < 1.29 is 18.7 Å². The van der Waals surface area contributed by atoms with Crippen molar-refractivity contribution >= 4 is 5.97 Å². The highest BCUT2D eigenvalue weighted by atomic mass is 16.6. The number of carbonyl (C=O) groups is 1. The highest BCUT2D eigenvalue weighted by Crippen LogP contribution is 2.17. The minimum Gasteiger partial charge on any atom is -0.457 e. The van der Waals surface area contributed by atoms with Gasteiger partial charge in [0.25, 0.3) is 5.95 Å². The Kier molecular flexibility index (Phi) is 7.41. The van der Waals surface area contributed by atoms with Gasteiger partial charge in [-0.15, -0.1) is 0 Å². The van der Waals surface area contributed by atoms with E-state index in [4.69, 9.17) is 13.9 Å². The molecule has 0 aliphatic carbocycles. The van der Waals surface area contributed by atoms with Crippen LogP contribution in [0.25, 0.3) is 0 Å². The van der Waals surface area contributed by atoms with Crippen LogP contribution in [0.2, 0.25) is 0 Å². The smallest absolute Gasteiger partial charge is 0.341 e. The van der Waals surface area contributed by atoms with Crippen LogP contribution >= 0.6 is 0 Å². The van der Waals surface area contributed by atoms with Crippen LogP contribution in [0.4, 0.5) is 0 Å². The quantitative estimate of drug-likeness (QED) is 0.272. The van der Waals surface area contributed by atoms with Crippen LogP contribution in [0, 0.1) is 0 Å². The molecule has 24 heavy (non-hydrogen) atoms. The maximum atomic E-state index is 11.9. The van der Waals surface area contributed by atoms with Crippen molar-refractivity contribution in [3.8, 4) is 5.95 Å². The summed E-state index contributed by atoms with van der Waals surface area (Å²) in [6, 6.07) is 11.0. The van der Waals surface area contributed by atoms with Gasteiger partial charge < -0.3 is 13.9 Å². The van der Waals surface area contributed by atoms with Gasteiger partial charge in [0.1, 0.15) is 18.4 Å². The zero-order valence-electron chi connectivity index (χ0n) is 13.8. The number of hydrogen-bond acceptors (Lipinski definition) is 4. The Hall–Kier alpha value is -2.75. The molecular formula is C20H22O4. The van der Waals surface area contributed by atoms with Gasteiger partial charge in [-0.3, -0.25) is 0 Å². The molecule has 0 aliphatic rings. The second-order valence-electron chi connectivity index (χ2n) is 5.23. The summed E-state index contributed by atoms with van der Waals surface area (Å²) in [5, 5.41) is 0. The van der Waals surface area contributed by atoms with Crippen molar-refractivity contribution in [1.82, 2.24) is 0 Å². The Morgan fingerprint density at radius 2 is 2.04 bits per heavy atom. The maximum absolute atomic E-state index is 11.9. The molecule has 0 atom stereocenters. The van der Waals surface area contributed by atoms with Gasteiger partial charge in [-0.05, 0) is 18.1 Å². The van der Waals surface area contributed by atoms with Crippen LogP contribution in [-0.2, 0) is 11.3 Å². The van der Waals surface area contributed by atoms with E-state index < -0.39 is 5.97 Å². The Balaban J connectivity index is 1.76. The molecule has 0 saturated carbocycles. The molecule has 0 N–H and O–H groups in total. The summed E-state index contributed by atoms with van der Waals surface area (Å²) in [4.78, 5) is 11.9. The number of rotatable bonds is 9. The molecule has 1 heterocycles. The lowest BCUT2D eigenvalue weighted by Crippen LogP contribution is -2.03. The van der Waals surface area contributed by atoms with Crippen LogP contribution in [0.3, 0.4) is 0 Å². The first-order valence-electron chi connectivity index (χ1n) is 8.07. The number of esters is 1.